The van der Waals surface area contributed by atoms with E-state index < -0.39 is 10.0 Å². The lowest BCUT2D eigenvalue weighted by atomic mass is 10.1. The fourth-order valence-corrected chi connectivity index (χ4v) is 2.74. The fourth-order valence-electron chi connectivity index (χ4n) is 2.18. The molecule has 0 radical (unpaired) electrons. The molecular formula is C18H19NO5S. The number of nitrogens with one attached hydrogen (secondary N) is 1. The van der Waals surface area contributed by atoms with Gasteiger partial charge in [-0.05, 0) is 42.5 Å². The number of sulfonamides is 1. The summed E-state index contributed by atoms with van der Waals surface area (Å²) in [7, 11) is -0.302. The van der Waals surface area contributed by atoms with Crippen molar-refractivity contribution in [1.29, 1.82) is 0 Å². The van der Waals surface area contributed by atoms with Gasteiger partial charge in [0.25, 0.3) is 0 Å². The Balaban J connectivity index is 2.25. The standard InChI is InChI=1S/C18H19NO5S/c1-23-16-8-10-18(24-2)14(12-16)7-9-17(20)13-5-4-6-15(11-13)19-25(3,21)22/h4-12,19H,1-3H3/b9-7-. The summed E-state index contributed by atoms with van der Waals surface area (Å²) in [5.74, 6) is 0.992. The first-order valence-electron chi connectivity index (χ1n) is 7.34. The van der Waals surface area contributed by atoms with Crippen molar-refractivity contribution < 1.29 is 22.7 Å². The van der Waals surface area contributed by atoms with E-state index in [0.717, 1.165) is 6.26 Å². The van der Waals surface area contributed by atoms with E-state index in [-0.39, 0.29) is 5.78 Å². The molecule has 2 rings (SSSR count). The number of ketones is 1. The highest BCUT2D eigenvalue weighted by Gasteiger charge is 2.07. The lowest BCUT2D eigenvalue weighted by Gasteiger charge is -2.07. The largest absolute Gasteiger partial charge is 0.497 e. The summed E-state index contributed by atoms with van der Waals surface area (Å²) < 4.78 is 35.3. The van der Waals surface area contributed by atoms with E-state index in [0.29, 0.717) is 28.3 Å². The molecule has 2 aromatic carbocycles. The van der Waals surface area contributed by atoms with Crippen LogP contribution in [0.5, 0.6) is 11.5 Å². The Kier molecular flexibility index (Phi) is 5.82. The summed E-state index contributed by atoms with van der Waals surface area (Å²) in [4.78, 5) is 12.4. The molecule has 25 heavy (non-hydrogen) atoms. The van der Waals surface area contributed by atoms with Crippen molar-refractivity contribution in [1.82, 2.24) is 0 Å². The number of carbonyl (C=O) groups is 1. The van der Waals surface area contributed by atoms with Crippen molar-refractivity contribution in [3.63, 3.8) is 0 Å². The predicted molar refractivity (Wildman–Crippen MR) is 97.8 cm³/mol. The molecule has 0 spiro atoms. The first kappa shape index (κ1) is 18.5. The van der Waals surface area contributed by atoms with Crippen molar-refractivity contribution in [3.8, 4) is 11.5 Å². The van der Waals surface area contributed by atoms with Crippen LogP contribution in [0, 0.1) is 0 Å². The Morgan fingerprint density at radius 1 is 1.08 bits per heavy atom. The Labute approximate surface area is 147 Å². The molecular weight excluding hydrogens is 342 g/mol. The number of anilines is 1. The molecule has 1 N–H and O–H groups in total. The van der Waals surface area contributed by atoms with Crippen LogP contribution in [0.25, 0.3) is 6.08 Å². The Bertz CT molecular complexity index is 903. The van der Waals surface area contributed by atoms with E-state index in [1.807, 2.05) is 0 Å². The maximum absolute atomic E-state index is 12.4. The van der Waals surface area contributed by atoms with Gasteiger partial charge in [0, 0.05) is 16.8 Å². The topological polar surface area (TPSA) is 81.7 Å². The van der Waals surface area contributed by atoms with Crippen molar-refractivity contribution in [2.45, 2.75) is 0 Å². The molecule has 7 heteroatoms. The van der Waals surface area contributed by atoms with Crippen LogP contribution in [-0.4, -0.2) is 34.7 Å². The number of rotatable bonds is 7. The summed E-state index contributed by atoms with van der Waals surface area (Å²) in [5, 5.41) is 0. The van der Waals surface area contributed by atoms with Gasteiger partial charge in [0.1, 0.15) is 11.5 Å². The van der Waals surface area contributed by atoms with Crippen molar-refractivity contribution in [3.05, 3.63) is 59.7 Å². The van der Waals surface area contributed by atoms with E-state index in [1.165, 1.54) is 12.1 Å². The summed E-state index contributed by atoms with van der Waals surface area (Å²) in [6.45, 7) is 0. The molecule has 0 aromatic heterocycles. The molecule has 0 unspecified atom stereocenters. The second kappa shape index (κ2) is 7.85. The highest BCUT2D eigenvalue weighted by atomic mass is 32.2. The molecule has 0 bridgehead atoms. The van der Waals surface area contributed by atoms with E-state index in [4.69, 9.17) is 9.47 Å². The van der Waals surface area contributed by atoms with Crippen LogP contribution in [0.15, 0.2) is 48.5 Å². The summed E-state index contributed by atoms with van der Waals surface area (Å²) >= 11 is 0. The zero-order chi connectivity index (χ0) is 18.4. The number of allylic oxidation sites excluding steroid dienone is 1. The van der Waals surface area contributed by atoms with E-state index >= 15 is 0 Å². The molecule has 0 saturated carbocycles. The minimum absolute atomic E-state index is 0.262. The van der Waals surface area contributed by atoms with Gasteiger partial charge in [-0.1, -0.05) is 12.1 Å². The molecule has 0 atom stereocenters. The van der Waals surface area contributed by atoms with Gasteiger partial charge >= 0.3 is 0 Å². The van der Waals surface area contributed by atoms with Gasteiger partial charge in [-0.2, -0.15) is 0 Å². The molecule has 2 aromatic rings. The van der Waals surface area contributed by atoms with Crippen LogP contribution in [0.1, 0.15) is 15.9 Å². The molecule has 6 nitrogen and oxygen atoms in total. The van der Waals surface area contributed by atoms with Gasteiger partial charge in [-0.15, -0.1) is 0 Å². The molecule has 132 valence electrons. The van der Waals surface area contributed by atoms with E-state index in [9.17, 15) is 13.2 Å². The average Bonchev–Trinajstić information content (AvgIpc) is 2.58. The lowest BCUT2D eigenvalue weighted by Crippen LogP contribution is -2.10. The first-order chi connectivity index (χ1) is 11.8. The Hall–Kier alpha value is -2.80. The third-order valence-corrected chi connectivity index (χ3v) is 3.91. The minimum atomic E-state index is -3.40. The third kappa shape index (κ3) is 5.36. The van der Waals surface area contributed by atoms with Crippen LogP contribution in [0.2, 0.25) is 0 Å². The number of hydrogen-bond acceptors (Lipinski definition) is 5. The van der Waals surface area contributed by atoms with Gasteiger partial charge in [-0.3, -0.25) is 9.52 Å². The maximum atomic E-state index is 12.4. The molecule has 0 aliphatic rings. The monoisotopic (exact) mass is 361 g/mol. The molecule has 0 amide bonds. The zero-order valence-corrected chi connectivity index (χ0v) is 15.0. The SMILES string of the molecule is COc1ccc(OC)c(/C=C\C(=O)c2cccc(NS(C)(=O)=O)c2)c1. The smallest absolute Gasteiger partial charge is 0.229 e. The number of ether oxygens (including phenoxy) is 2. The minimum Gasteiger partial charge on any atom is -0.497 e. The van der Waals surface area contributed by atoms with Crippen molar-refractivity contribution >= 4 is 27.6 Å². The Morgan fingerprint density at radius 3 is 2.48 bits per heavy atom. The average molecular weight is 361 g/mol. The van der Waals surface area contributed by atoms with Crippen molar-refractivity contribution in [2.24, 2.45) is 0 Å². The quantitative estimate of drug-likeness (QED) is 0.606. The highest BCUT2D eigenvalue weighted by Crippen LogP contribution is 2.25. The second-order valence-electron chi connectivity index (χ2n) is 5.26. The van der Waals surface area contributed by atoms with Gasteiger partial charge in [-0.25, -0.2) is 8.42 Å². The highest BCUT2D eigenvalue weighted by molar-refractivity contribution is 7.92. The van der Waals surface area contributed by atoms with Gasteiger partial charge in [0.15, 0.2) is 5.78 Å². The third-order valence-electron chi connectivity index (χ3n) is 3.30. The van der Waals surface area contributed by atoms with Crippen LogP contribution >= 0.6 is 0 Å². The van der Waals surface area contributed by atoms with Crippen LogP contribution in [-0.2, 0) is 10.0 Å². The number of benzene rings is 2. The number of carbonyl (C=O) groups excluding carboxylic acids is 1. The van der Waals surface area contributed by atoms with E-state index in [1.54, 1.807) is 56.7 Å². The van der Waals surface area contributed by atoms with Gasteiger partial charge in [0.2, 0.25) is 10.0 Å². The summed E-state index contributed by atoms with van der Waals surface area (Å²) in [6.07, 6.45) is 4.08. The van der Waals surface area contributed by atoms with Gasteiger partial charge < -0.3 is 9.47 Å². The molecule has 0 fully saturated rings. The van der Waals surface area contributed by atoms with E-state index in [2.05, 4.69) is 4.72 Å². The Morgan fingerprint density at radius 2 is 1.84 bits per heavy atom. The number of hydrogen-bond donors (Lipinski definition) is 1. The van der Waals surface area contributed by atoms with Crippen LogP contribution in [0.3, 0.4) is 0 Å². The van der Waals surface area contributed by atoms with Crippen LogP contribution in [0.4, 0.5) is 5.69 Å². The zero-order valence-electron chi connectivity index (χ0n) is 14.1. The molecule has 0 heterocycles. The summed E-state index contributed by atoms with van der Waals surface area (Å²) in [6, 6.07) is 11.6. The second-order valence-corrected chi connectivity index (χ2v) is 7.01. The number of methoxy groups -OCH3 is 2. The van der Waals surface area contributed by atoms with Crippen molar-refractivity contribution in [2.75, 3.05) is 25.2 Å². The molecule has 0 aliphatic heterocycles. The molecule has 0 saturated heterocycles. The normalized spacial score (nSPS) is 11.3. The predicted octanol–water partition coefficient (Wildman–Crippen LogP) is 2.97. The van der Waals surface area contributed by atoms with Crippen LogP contribution < -0.4 is 14.2 Å². The summed E-state index contributed by atoms with van der Waals surface area (Å²) in [5.41, 5.74) is 1.40. The van der Waals surface area contributed by atoms with Gasteiger partial charge in [0.05, 0.1) is 20.5 Å². The maximum Gasteiger partial charge on any atom is 0.229 e. The lowest BCUT2D eigenvalue weighted by molar-refractivity contribution is 0.104. The first-order valence-corrected chi connectivity index (χ1v) is 9.24. The fraction of sp³-hybridized carbons (Fsp3) is 0.167. The molecule has 0 aliphatic carbocycles.